The van der Waals surface area contributed by atoms with Crippen molar-refractivity contribution < 1.29 is 13.2 Å². The molecule has 1 heterocycles. The summed E-state index contributed by atoms with van der Waals surface area (Å²) in [5.74, 6) is 0.0218. The average molecular weight is 395 g/mol. The van der Waals surface area contributed by atoms with E-state index < -0.39 is 10.0 Å². The minimum Gasteiger partial charge on any atom is -0.294 e. The van der Waals surface area contributed by atoms with Crippen LogP contribution in [-0.4, -0.2) is 37.9 Å². The molecule has 0 saturated carbocycles. The Balaban J connectivity index is 2.05. The molecule has 0 aromatic heterocycles. The van der Waals surface area contributed by atoms with Crippen LogP contribution in [0.3, 0.4) is 0 Å². The molecule has 1 aromatic carbocycles. The van der Waals surface area contributed by atoms with Gasteiger partial charge in [0.1, 0.15) is 0 Å². The Kier molecular flexibility index (Phi) is 5.46. The maximum Gasteiger partial charge on any atom is 0.211 e. The molecule has 1 fully saturated rings. The number of carbonyl (C=O) groups excluding carboxylic acids is 1. The first-order valence-electron chi connectivity index (χ1n) is 6.71. The molecule has 0 amide bonds. The highest BCUT2D eigenvalue weighted by atomic mass is 79.9. The van der Waals surface area contributed by atoms with E-state index in [1.165, 1.54) is 10.6 Å². The molecule has 1 aliphatic rings. The van der Waals surface area contributed by atoms with Crippen LogP contribution in [0.1, 0.15) is 29.6 Å². The molecule has 21 heavy (non-hydrogen) atoms. The molecule has 0 spiro atoms. The fraction of sp³-hybridized carbons (Fsp3) is 0.500. The summed E-state index contributed by atoms with van der Waals surface area (Å²) >= 11 is 9.39. The molecule has 1 aliphatic heterocycles. The maximum atomic E-state index is 12.3. The number of ketones is 1. The van der Waals surface area contributed by atoms with Crippen LogP contribution >= 0.6 is 27.5 Å². The van der Waals surface area contributed by atoms with Gasteiger partial charge >= 0.3 is 0 Å². The van der Waals surface area contributed by atoms with Crippen molar-refractivity contribution in [3.8, 4) is 0 Å². The number of Topliss-reactive ketones (excluding diaryl/α,β-unsaturated/α-hetero) is 1. The van der Waals surface area contributed by atoms with Crippen LogP contribution in [0.15, 0.2) is 22.7 Å². The number of rotatable bonds is 4. The fourth-order valence-corrected chi connectivity index (χ4v) is 4.30. The average Bonchev–Trinajstić information content (AvgIpc) is 2.37. The van der Waals surface area contributed by atoms with Gasteiger partial charge in [-0.05, 0) is 37.0 Å². The number of piperidine rings is 1. The molecule has 4 nitrogen and oxygen atoms in total. The Morgan fingerprint density at radius 1 is 1.48 bits per heavy atom. The summed E-state index contributed by atoms with van der Waals surface area (Å²) in [5, 5.41) is 0.421. The third-order valence-corrected chi connectivity index (χ3v) is 5.73. The van der Waals surface area contributed by atoms with Crippen LogP contribution in [0.5, 0.6) is 0 Å². The number of benzene rings is 1. The van der Waals surface area contributed by atoms with Crippen molar-refractivity contribution in [2.24, 2.45) is 5.92 Å². The largest absolute Gasteiger partial charge is 0.294 e. The van der Waals surface area contributed by atoms with Crippen molar-refractivity contribution in [1.29, 1.82) is 0 Å². The Bertz CT molecular complexity index is 648. The summed E-state index contributed by atoms with van der Waals surface area (Å²) in [4.78, 5) is 12.3. The van der Waals surface area contributed by atoms with Crippen molar-refractivity contribution >= 4 is 43.3 Å². The molecule has 1 atom stereocenters. The molecule has 1 saturated heterocycles. The van der Waals surface area contributed by atoms with E-state index in [0.29, 0.717) is 30.1 Å². The molecule has 0 aliphatic carbocycles. The summed E-state index contributed by atoms with van der Waals surface area (Å²) in [6.07, 6.45) is 3.20. The van der Waals surface area contributed by atoms with Gasteiger partial charge in [-0.3, -0.25) is 4.79 Å². The van der Waals surface area contributed by atoms with Gasteiger partial charge in [0.05, 0.1) is 11.3 Å². The number of hydrogen-bond acceptors (Lipinski definition) is 3. The van der Waals surface area contributed by atoms with Crippen LogP contribution in [0, 0.1) is 5.92 Å². The first kappa shape index (κ1) is 16.9. The van der Waals surface area contributed by atoms with Gasteiger partial charge in [0.15, 0.2) is 5.78 Å². The Hall–Kier alpha value is -0.430. The molecule has 1 aromatic rings. The molecule has 1 unspecified atom stereocenters. The van der Waals surface area contributed by atoms with Gasteiger partial charge in [0.2, 0.25) is 10.0 Å². The summed E-state index contributed by atoms with van der Waals surface area (Å²) in [7, 11) is -3.18. The van der Waals surface area contributed by atoms with E-state index in [1.807, 2.05) is 0 Å². The third-order valence-electron chi connectivity index (χ3n) is 3.66. The number of nitrogens with zero attached hydrogens (tertiary/aromatic N) is 1. The smallest absolute Gasteiger partial charge is 0.211 e. The van der Waals surface area contributed by atoms with E-state index in [1.54, 1.807) is 18.2 Å². The molecule has 116 valence electrons. The van der Waals surface area contributed by atoms with Gasteiger partial charge in [-0.1, -0.05) is 27.5 Å². The van der Waals surface area contributed by atoms with Crippen LogP contribution < -0.4 is 0 Å². The molecule has 0 bridgehead atoms. The Labute approximate surface area is 138 Å². The molecular formula is C14H17BrClNO3S. The quantitative estimate of drug-likeness (QED) is 0.736. The minimum atomic E-state index is -3.18. The van der Waals surface area contributed by atoms with E-state index >= 15 is 0 Å². The van der Waals surface area contributed by atoms with Crippen molar-refractivity contribution in [3.63, 3.8) is 0 Å². The molecule has 7 heteroatoms. The zero-order valence-corrected chi connectivity index (χ0v) is 14.8. The second-order valence-corrected chi connectivity index (χ2v) is 8.69. The van der Waals surface area contributed by atoms with Crippen molar-refractivity contribution in [1.82, 2.24) is 4.31 Å². The second kappa shape index (κ2) is 6.77. The van der Waals surface area contributed by atoms with Gasteiger partial charge < -0.3 is 0 Å². The van der Waals surface area contributed by atoms with Crippen molar-refractivity contribution in [3.05, 3.63) is 33.3 Å². The van der Waals surface area contributed by atoms with Gasteiger partial charge in [-0.25, -0.2) is 12.7 Å². The van der Waals surface area contributed by atoms with Crippen LogP contribution in [0.25, 0.3) is 0 Å². The highest BCUT2D eigenvalue weighted by Crippen LogP contribution is 2.27. The van der Waals surface area contributed by atoms with Gasteiger partial charge in [0.25, 0.3) is 0 Å². The highest BCUT2D eigenvalue weighted by Gasteiger charge is 2.27. The topological polar surface area (TPSA) is 54.5 Å². The van der Waals surface area contributed by atoms with Crippen LogP contribution in [-0.2, 0) is 10.0 Å². The zero-order chi connectivity index (χ0) is 15.6. The number of carbonyl (C=O) groups is 1. The van der Waals surface area contributed by atoms with Crippen molar-refractivity contribution in [2.75, 3.05) is 19.3 Å². The van der Waals surface area contributed by atoms with Gasteiger partial charge in [-0.2, -0.15) is 0 Å². The van der Waals surface area contributed by atoms with E-state index in [-0.39, 0.29) is 11.7 Å². The summed E-state index contributed by atoms with van der Waals surface area (Å²) < 4.78 is 25.5. The normalized spacial score (nSPS) is 20.4. The van der Waals surface area contributed by atoms with Gasteiger partial charge in [-0.15, -0.1) is 0 Å². The Morgan fingerprint density at radius 2 is 2.19 bits per heavy atom. The summed E-state index contributed by atoms with van der Waals surface area (Å²) in [6, 6.07) is 5.17. The lowest BCUT2D eigenvalue weighted by atomic mass is 9.92. The monoisotopic (exact) mass is 393 g/mol. The number of hydrogen-bond donors (Lipinski definition) is 0. The standard InChI is InChI=1S/C14H17BrClNO3S/c1-21(19,20)17-6-2-3-10(9-17)7-14(18)12-5-4-11(15)8-13(12)16/h4-5,8,10H,2-3,6-7,9H2,1H3. The van der Waals surface area contributed by atoms with Gasteiger partial charge in [0, 0.05) is 29.5 Å². The van der Waals surface area contributed by atoms with Crippen molar-refractivity contribution in [2.45, 2.75) is 19.3 Å². The first-order valence-corrected chi connectivity index (χ1v) is 9.72. The number of sulfonamides is 1. The molecule has 0 radical (unpaired) electrons. The predicted molar refractivity (Wildman–Crippen MR) is 87.2 cm³/mol. The minimum absolute atomic E-state index is 0.0344. The predicted octanol–water partition coefficient (Wildman–Crippen LogP) is 3.35. The highest BCUT2D eigenvalue weighted by molar-refractivity contribution is 9.10. The SMILES string of the molecule is CS(=O)(=O)N1CCCC(CC(=O)c2ccc(Br)cc2Cl)C1. The molecule has 2 rings (SSSR count). The summed E-state index contributed by atoms with van der Waals surface area (Å²) in [6.45, 7) is 0.960. The molecular weight excluding hydrogens is 378 g/mol. The maximum absolute atomic E-state index is 12.3. The third kappa shape index (κ3) is 4.52. The van der Waals surface area contributed by atoms with E-state index in [0.717, 1.165) is 17.3 Å². The number of halogens is 2. The zero-order valence-electron chi connectivity index (χ0n) is 11.7. The molecule has 0 N–H and O–H groups in total. The summed E-state index contributed by atoms with van der Waals surface area (Å²) in [5.41, 5.74) is 0.497. The Morgan fingerprint density at radius 3 is 2.81 bits per heavy atom. The first-order chi connectivity index (χ1) is 9.77. The van der Waals surface area contributed by atoms with E-state index in [9.17, 15) is 13.2 Å². The second-order valence-electron chi connectivity index (χ2n) is 5.38. The fourth-order valence-electron chi connectivity index (χ4n) is 2.58. The van der Waals surface area contributed by atoms with E-state index in [2.05, 4.69) is 15.9 Å². The lowest BCUT2D eigenvalue weighted by molar-refractivity contribution is 0.0942. The van der Waals surface area contributed by atoms with Crippen LogP contribution in [0.2, 0.25) is 5.02 Å². The van der Waals surface area contributed by atoms with Crippen LogP contribution in [0.4, 0.5) is 0 Å². The van der Waals surface area contributed by atoms with E-state index in [4.69, 9.17) is 11.6 Å². The lowest BCUT2D eigenvalue weighted by Gasteiger charge is -2.30. The lowest BCUT2D eigenvalue weighted by Crippen LogP contribution is -2.39.